The van der Waals surface area contributed by atoms with Gasteiger partial charge < -0.3 is 4.42 Å². The van der Waals surface area contributed by atoms with Crippen molar-refractivity contribution in [2.45, 2.75) is 13.8 Å². The van der Waals surface area contributed by atoms with Crippen molar-refractivity contribution in [1.82, 2.24) is 0 Å². The molecule has 1 aromatic heterocycles. The van der Waals surface area contributed by atoms with Crippen LogP contribution in [0.2, 0.25) is 0 Å². The van der Waals surface area contributed by atoms with Crippen LogP contribution in [0, 0.1) is 19.7 Å². The molecule has 0 aliphatic carbocycles. The van der Waals surface area contributed by atoms with E-state index in [9.17, 15) is 9.18 Å². The van der Waals surface area contributed by atoms with Gasteiger partial charge in [0, 0.05) is 5.39 Å². The van der Waals surface area contributed by atoms with Crippen molar-refractivity contribution in [3.05, 3.63) is 70.7 Å². The van der Waals surface area contributed by atoms with Gasteiger partial charge in [0.1, 0.15) is 11.4 Å². The molecule has 0 amide bonds. The molecule has 0 aliphatic rings. The van der Waals surface area contributed by atoms with E-state index in [-0.39, 0.29) is 11.3 Å². The normalized spacial score (nSPS) is 10.9. The second-order valence-corrected chi connectivity index (χ2v) is 4.92. The highest BCUT2D eigenvalue weighted by atomic mass is 19.1. The fourth-order valence-electron chi connectivity index (χ4n) is 2.23. The number of carbonyl (C=O) groups is 1. The van der Waals surface area contributed by atoms with Gasteiger partial charge in [0.15, 0.2) is 5.76 Å². The Balaban J connectivity index is 2.10. The van der Waals surface area contributed by atoms with E-state index in [2.05, 4.69) is 0 Å². The molecule has 20 heavy (non-hydrogen) atoms. The minimum atomic E-state index is -0.492. The van der Waals surface area contributed by atoms with Gasteiger partial charge in [-0.15, -0.1) is 0 Å². The second-order valence-electron chi connectivity index (χ2n) is 4.92. The van der Waals surface area contributed by atoms with E-state index in [0.29, 0.717) is 11.1 Å². The van der Waals surface area contributed by atoms with Gasteiger partial charge in [-0.3, -0.25) is 4.79 Å². The summed E-state index contributed by atoms with van der Waals surface area (Å²) < 4.78 is 19.5. The minimum absolute atomic E-state index is 0.0424. The van der Waals surface area contributed by atoms with Gasteiger partial charge in [-0.05, 0) is 43.7 Å². The Morgan fingerprint density at radius 1 is 1.10 bits per heavy atom. The second kappa shape index (κ2) is 4.60. The van der Waals surface area contributed by atoms with Gasteiger partial charge >= 0.3 is 0 Å². The molecule has 0 saturated heterocycles. The van der Waals surface area contributed by atoms with Crippen molar-refractivity contribution < 1.29 is 13.6 Å². The Kier molecular flexibility index (Phi) is 2.90. The molecule has 0 saturated carbocycles. The highest BCUT2D eigenvalue weighted by Crippen LogP contribution is 2.24. The fourth-order valence-corrected chi connectivity index (χ4v) is 2.23. The molecule has 0 spiro atoms. The molecule has 0 bridgehead atoms. The van der Waals surface area contributed by atoms with Crippen LogP contribution in [0.25, 0.3) is 11.0 Å². The van der Waals surface area contributed by atoms with Gasteiger partial charge in [-0.1, -0.05) is 23.8 Å². The molecule has 100 valence electrons. The Labute approximate surface area is 115 Å². The van der Waals surface area contributed by atoms with Gasteiger partial charge in [-0.25, -0.2) is 4.39 Å². The van der Waals surface area contributed by atoms with E-state index in [0.717, 1.165) is 10.9 Å². The maximum Gasteiger partial charge on any atom is 0.231 e. The Bertz CT molecular complexity index is 815. The smallest absolute Gasteiger partial charge is 0.231 e. The van der Waals surface area contributed by atoms with Gasteiger partial charge in [0.2, 0.25) is 5.78 Å². The summed E-state index contributed by atoms with van der Waals surface area (Å²) in [5, 5.41) is 0.849. The van der Waals surface area contributed by atoms with Gasteiger partial charge in [0.05, 0.1) is 5.56 Å². The average molecular weight is 268 g/mol. The third-order valence-corrected chi connectivity index (χ3v) is 3.33. The Morgan fingerprint density at radius 3 is 2.70 bits per heavy atom. The highest BCUT2D eigenvalue weighted by Gasteiger charge is 2.19. The number of carbonyl (C=O) groups excluding carboxylic acids is 1. The van der Waals surface area contributed by atoms with Crippen molar-refractivity contribution in [3.63, 3.8) is 0 Å². The van der Waals surface area contributed by atoms with Crippen LogP contribution in [-0.4, -0.2) is 5.78 Å². The monoisotopic (exact) mass is 268 g/mol. The molecule has 2 nitrogen and oxygen atoms in total. The summed E-state index contributed by atoms with van der Waals surface area (Å²) in [5.41, 5.74) is 2.20. The number of rotatable bonds is 2. The van der Waals surface area contributed by atoms with Crippen LogP contribution in [0.1, 0.15) is 27.2 Å². The van der Waals surface area contributed by atoms with Crippen molar-refractivity contribution in [1.29, 1.82) is 0 Å². The quantitative estimate of drug-likeness (QED) is 0.644. The molecular weight excluding hydrogens is 255 g/mol. The van der Waals surface area contributed by atoms with Crippen LogP contribution in [0.5, 0.6) is 0 Å². The number of furan rings is 1. The van der Waals surface area contributed by atoms with E-state index >= 15 is 0 Å². The first-order valence-corrected chi connectivity index (χ1v) is 6.36. The van der Waals surface area contributed by atoms with E-state index in [1.54, 1.807) is 25.1 Å². The first-order valence-electron chi connectivity index (χ1n) is 6.36. The molecule has 0 N–H and O–H groups in total. The van der Waals surface area contributed by atoms with Crippen LogP contribution in [-0.2, 0) is 0 Å². The van der Waals surface area contributed by atoms with E-state index in [4.69, 9.17) is 4.42 Å². The van der Waals surface area contributed by atoms with Crippen LogP contribution < -0.4 is 0 Å². The minimum Gasteiger partial charge on any atom is -0.453 e. The third-order valence-electron chi connectivity index (χ3n) is 3.33. The SMILES string of the molecule is Cc1ccc2oc(C(=O)c3cccc(C)c3F)cc2c1. The van der Waals surface area contributed by atoms with Gasteiger partial charge in [0.25, 0.3) is 0 Å². The molecule has 3 aromatic rings. The summed E-state index contributed by atoms with van der Waals surface area (Å²) >= 11 is 0. The molecule has 3 heteroatoms. The van der Waals surface area contributed by atoms with E-state index in [1.807, 2.05) is 25.1 Å². The number of benzene rings is 2. The van der Waals surface area contributed by atoms with Crippen LogP contribution in [0.4, 0.5) is 4.39 Å². The number of hydrogen-bond donors (Lipinski definition) is 0. The number of fused-ring (bicyclic) bond motifs is 1. The standard InChI is InChI=1S/C17H13FO2/c1-10-6-7-14-12(8-10)9-15(20-14)17(19)13-5-3-4-11(2)16(13)18/h3-9H,1-2H3. The number of halogens is 1. The van der Waals surface area contributed by atoms with Crippen molar-refractivity contribution in [2.75, 3.05) is 0 Å². The summed E-state index contributed by atoms with van der Waals surface area (Å²) in [6.07, 6.45) is 0. The summed E-state index contributed by atoms with van der Waals surface area (Å²) in [4.78, 5) is 12.3. The van der Waals surface area contributed by atoms with Crippen LogP contribution in [0.3, 0.4) is 0 Å². The number of aryl methyl sites for hydroxylation is 2. The Morgan fingerprint density at radius 2 is 1.90 bits per heavy atom. The largest absolute Gasteiger partial charge is 0.453 e. The first kappa shape index (κ1) is 12.6. The lowest BCUT2D eigenvalue weighted by Gasteiger charge is -2.02. The zero-order valence-corrected chi connectivity index (χ0v) is 11.2. The maximum atomic E-state index is 14.0. The zero-order valence-electron chi connectivity index (χ0n) is 11.2. The number of hydrogen-bond acceptors (Lipinski definition) is 2. The Hall–Kier alpha value is -2.42. The predicted molar refractivity (Wildman–Crippen MR) is 75.5 cm³/mol. The lowest BCUT2D eigenvalue weighted by atomic mass is 10.0. The molecular formula is C17H13FO2. The number of ketones is 1. The lowest BCUT2D eigenvalue weighted by Crippen LogP contribution is -2.04. The third kappa shape index (κ3) is 2.01. The first-order chi connectivity index (χ1) is 9.56. The molecule has 3 rings (SSSR count). The zero-order chi connectivity index (χ0) is 14.3. The van der Waals surface area contributed by atoms with Crippen molar-refractivity contribution >= 4 is 16.8 Å². The highest BCUT2D eigenvalue weighted by molar-refractivity contribution is 6.09. The molecule has 2 aromatic carbocycles. The summed E-state index contributed by atoms with van der Waals surface area (Å²) in [6, 6.07) is 12.1. The molecule has 0 radical (unpaired) electrons. The van der Waals surface area contributed by atoms with Gasteiger partial charge in [-0.2, -0.15) is 0 Å². The van der Waals surface area contributed by atoms with Crippen LogP contribution >= 0.6 is 0 Å². The summed E-state index contributed by atoms with van der Waals surface area (Å²) in [6.45, 7) is 3.60. The topological polar surface area (TPSA) is 30.2 Å². The average Bonchev–Trinajstić information content (AvgIpc) is 2.84. The molecule has 0 fully saturated rings. The summed E-state index contributed by atoms with van der Waals surface area (Å²) in [5.74, 6) is -0.760. The van der Waals surface area contributed by atoms with E-state index in [1.165, 1.54) is 6.07 Å². The lowest BCUT2D eigenvalue weighted by molar-refractivity contribution is 0.101. The molecule has 1 heterocycles. The van der Waals surface area contributed by atoms with Crippen molar-refractivity contribution in [3.8, 4) is 0 Å². The maximum absolute atomic E-state index is 14.0. The molecule has 0 atom stereocenters. The predicted octanol–water partition coefficient (Wildman–Crippen LogP) is 4.42. The molecule has 0 aliphatic heterocycles. The summed E-state index contributed by atoms with van der Waals surface area (Å²) in [7, 11) is 0. The van der Waals surface area contributed by atoms with Crippen molar-refractivity contribution in [2.24, 2.45) is 0 Å². The van der Waals surface area contributed by atoms with E-state index < -0.39 is 11.6 Å². The van der Waals surface area contributed by atoms with Crippen LogP contribution in [0.15, 0.2) is 46.9 Å². The fraction of sp³-hybridized carbons (Fsp3) is 0.118. The molecule has 0 unspecified atom stereocenters.